The van der Waals surface area contributed by atoms with Crippen molar-refractivity contribution in [3.05, 3.63) is 11.6 Å². The summed E-state index contributed by atoms with van der Waals surface area (Å²) in [6.45, 7) is 0. The van der Waals surface area contributed by atoms with Crippen molar-refractivity contribution in [2.45, 2.75) is 50.2 Å². The van der Waals surface area contributed by atoms with Gasteiger partial charge in [0, 0.05) is 12.2 Å². The molecule has 2 atom stereocenters. The van der Waals surface area contributed by atoms with Crippen molar-refractivity contribution in [3.63, 3.8) is 0 Å². The van der Waals surface area contributed by atoms with E-state index in [-0.39, 0.29) is 17.0 Å². The zero-order valence-electron chi connectivity index (χ0n) is 10.3. The van der Waals surface area contributed by atoms with E-state index in [1.165, 1.54) is 6.26 Å². The van der Waals surface area contributed by atoms with Crippen LogP contribution in [-0.2, 0) is 14.6 Å². The Kier molecular flexibility index (Phi) is 3.71. The predicted octanol–water partition coefficient (Wildman–Crippen LogP) is 2.27. The first-order valence-electron chi connectivity index (χ1n) is 6.40. The number of allylic oxidation sites excluding steroid dienone is 2. The van der Waals surface area contributed by atoms with Crippen LogP contribution in [-0.4, -0.2) is 25.7 Å². The van der Waals surface area contributed by atoms with Crippen LogP contribution in [0.3, 0.4) is 0 Å². The highest BCUT2D eigenvalue weighted by molar-refractivity contribution is 7.91. The topological polar surface area (TPSA) is 51.2 Å². The van der Waals surface area contributed by atoms with E-state index in [0.29, 0.717) is 6.42 Å². The van der Waals surface area contributed by atoms with Crippen molar-refractivity contribution in [2.75, 3.05) is 6.26 Å². The van der Waals surface area contributed by atoms with E-state index in [4.69, 9.17) is 0 Å². The van der Waals surface area contributed by atoms with Gasteiger partial charge in [-0.1, -0.05) is 12.5 Å². The summed E-state index contributed by atoms with van der Waals surface area (Å²) in [5.41, 5.74) is 0.948. The first kappa shape index (κ1) is 12.8. The van der Waals surface area contributed by atoms with E-state index >= 15 is 0 Å². The quantitative estimate of drug-likeness (QED) is 0.778. The number of Topliss-reactive ketones (excluding diaryl/α,β-unsaturated/α-hetero) is 1. The summed E-state index contributed by atoms with van der Waals surface area (Å²) < 4.78 is 23.1. The molecule has 2 rings (SSSR count). The lowest BCUT2D eigenvalue weighted by Gasteiger charge is -2.27. The van der Waals surface area contributed by atoms with Crippen LogP contribution in [0, 0.1) is 5.92 Å². The van der Waals surface area contributed by atoms with Crippen LogP contribution in [0.25, 0.3) is 0 Å². The highest BCUT2D eigenvalue weighted by Gasteiger charge is 2.33. The second-order valence-corrected chi connectivity index (χ2v) is 7.63. The summed E-state index contributed by atoms with van der Waals surface area (Å²) in [5, 5.41) is -0.299. The SMILES string of the molecule is CS(=O)(=O)C1CCCC(C(=O)C2=CCCC2)C1. The lowest BCUT2D eigenvalue weighted by Crippen LogP contribution is -2.31. The molecule has 0 aromatic heterocycles. The molecule has 0 radical (unpaired) electrons. The van der Waals surface area contributed by atoms with Crippen molar-refractivity contribution in [3.8, 4) is 0 Å². The Bertz CT molecular complexity index is 434. The minimum Gasteiger partial charge on any atom is -0.294 e. The number of carbonyl (C=O) groups excluding carboxylic acids is 1. The van der Waals surface area contributed by atoms with Gasteiger partial charge < -0.3 is 0 Å². The minimum absolute atomic E-state index is 0.0483. The Morgan fingerprint density at radius 2 is 2.06 bits per heavy atom. The number of hydrogen-bond acceptors (Lipinski definition) is 3. The van der Waals surface area contributed by atoms with Crippen LogP contribution < -0.4 is 0 Å². The van der Waals surface area contributed by atoms with Crippen LogP contribution in [0.4, 0.5) is 0 Å². The maximum atomic E-state index is 12.2. The molecule has 0 heterocycles. The van der Waals surface area contributed by atoms with Gasteiger partial charge in [0.2, 0.25) is 0 Å². The average Bonchev–Trinajstić information content (AvgIpc) is 2.80. The van der Waals surface area contributed by atoms with Gasteiger partial charge in [-0.15, -0.1) is 0 Å². The molecular formula is C13H20O3S. The molecule has 17 heavy (non-hydrogen) atoms. The molecule has 0 aromatic carbocycles. The first-order chi connectivity index (χ1) is 7.98. The molecule has 1 saturated carbocycles. The molecule has 1 fully saturated rings. The van der Waals surface area contributed by atoms with E-state index in [9.17, 15) is 13.2 Å². The maximum absolute atomic E-state index is 12.2. The molecule has 0 aliphatic heterocycles. The van der Waals surface area contributed by atoms with Crippen molar-refractivity contribution < 1.29 is 13.2 Å². The van der Waals surface area contributed by atoms with Crippen LogP contribution >= 0.6 is 0 Å². The molecule has 0 N–H and O–H groups in total. The normalized spacial score (nSPS) is 30.1. The Morgan fingerprint density at radius 3 is 2.65 bits per heavy atom. The lowest BCUT2D eigenvalue weighted by molar-refractivity contribution is -0.120. The van der Waals surface area contributed by atoms with Gasteiger partial charge in [-0.2, -0.15) is 0 Å². The van der Waals surface area contributed by atoms with Gasteiger partial charge >= 0.3 is 0 Å². The lowest BCUT2D eigenvalue weighted by atomic mass is 9.83. The molecule has 4 heteroatoms. The zero-order valence-corrected chi connectivity index (χ0v) is 11.1. The molecule has 3 nitrogen and oxygen atoms in total. The summed E-state index contributed by atoms with van der Waals surface area (Å²) in [5.74, 6) is 0.170. The van der Waals surface area contributed by atoms with Crippen molar-refractivity contribution >= 4 is 15.6 Å². The molecule has 96 valence electrons. The van der Waals surface area contributed by atoms with Gasteiger partial charge in [0.1, 0.15) is 9.84 Å². The second-order valence-electron chi connectivity index (χ2n) is 5.30. The minimum atomic E-state index is -2.99. The molecule has 2 unspecified atom stereocenters. The molecule has 2 aliphatic carbocycles. The first-order valence-corrected chi connectivity index (χ1v) is 8.36. The van der Waals surface area contributed by atoms with E-state index in [2.05, 4.69) is 0 Å². The third kappa shape index (κ3) is 2.97. The van der Waals surface area contributed by atoms with Crippen LogP contribution in [0.15, 0.2) is 11.6 Å². The molecule has 0 bridgehead atoms. The molecule has 0 aromatic rings. The van der Waals surface area contributed by atoms with Crippen LogP contribution in [0.1, 0.15) is 44.9 Å². The highest BCUT2D eigenvalue weighted by Crippen LogP contribution is 2.32. The maximum Gasteiger partial charge on any atom is 0.161 e. The zero-order chi connectivity index (χ0) is 12.5. The van der Waals surface area contributed by atoms with Gasteiger partial charge in [-0.3, -0.25) is 4.79 Å². The largest absolute Gasteiger partial charge is 0.294 e. The third-order valence-electron chi connectivity index (χ3n) is 3.96. The summed E-state index contributed by atoms with van der Waals surface area (Å²) >= 11 is 0. The Balaban J connectivity index is 2.04. The van der Waals surface area contributed by atoms with Gasteiger partial charge in [-0.25, -0.2) is 8.42 Å². The number of ketones is 1. The summed E-state index contributed by atoms with van der Waals surface area (Å²) in [7, 11) is -2.99. The predicted molar refractivity (Wildman–Crippen MR) is 67.5 cm³/mol. The fourth-order valence-corrected chi connectivity index (χ4v) is 4.11. The molecule has 0 amide bonds. The van der Waals surface area contributed by atoms with Crippen molar-refractivity contribution in [2.24, 2.45) is 5.92 Å². The Labute approximate surface area is 103 Å². The molecule has 2 aliphatic rings. The van der Waals surface area contributed by atoms with E-state index in [1.807, 2.05) is 6.08 Å². The van der Waals surface area contributed by atoms with Crippen molar-refractivity contribution in [1.82, 2.24) is 0 Å². The Morgan fingerprint density at radius 1 is 1.29 bits per heavy atom. The van der Waals surface area contributed by atoms with E-state index < -0.39 is 9.84 Å². The van der Waals surface area contributed by atoms with Crippen LogP contribution in [0.2, 0.25) is 0 Å². The summed E-state index contributed by atoms with van der Waals surface area (Å²) in [4.78, 5) is 12.2. The monoisotopic (exact) mass is 256 g/mol. The molecule has 0 saturated heterocycles. The number of carbonyl (C=O) groups is 1. The van der Waals surface area contributed by atoms with E-state index in [0.717, 1.165) is 44.1 Å². The number of rotatable bonds is 3. The van der Waals surface area contributed by atoms with Gasteiger partial charge in [0.15, 0.2) is 5.78 Å². The standard InChI is InChI=1S/C13H20O3S/c1-17(15,16)12-8-4-7-11(9-12)13(14)10-5-2-3-6-10/h5,11-12H,2-4,6-9H2,1H3. The third-order valence-corrected chi connectivity index (χ3v) is 5.60. The fourth-order valence-electron chi connectivity index (χ4n) is 2.93. The van der Waals surface area contributed by atoms with E-state index in [1.54, 1.807) is 0 Å². The second kappa shape index (κ2) is 4.92. The summed E-state index contributed by atoms with van der Waals surface area (Å²) in [6, 6.07) is 0. The molecule has 0 spiro atoms. The Hall–Kier alpha value is -0.640. The van der Waals surface area contributed by atoms with Crippen LogP contribution in [0.5, 0.6) is 0 Å². The fraction of sp³-hybridized carbons (Fsp3) is 0.769. The van der Waals surface area contributed by atoms with Gasteiger partial charge in [0.05, 0.1) is 5.25 Å². The van der Waals surface area contributed by atoms with Crippen molar-refractivity contribution in [1.29, 1.82) is 0 Å². The highest BCUT2D eigenvalue weighted by atomic mass is 32.2. The molecular weight excluding hydrogens is 236 g/mol. The summed E-state index contributed by atoms with van der Waals surface area (Å²) in [6.07, 6.45) is 9.28. The van der Waals surface area contributed by atoms with Gasteiger partial charge in [0.25, 0.3) is 0 Å². The van der Waals surface area contributed by atoms with Gasteiger partial charge in [-0.05, 0) is 44.1 Å². The number of hydrogen-bond donors (Lipinski definition) is 0. The average molecular weight is 256 g/mol. The number of sulfone groups is 1. The smallest absolute Gasteiger partial charge is 0.161 e.